The predicted octanol–water partition coefficient (Wildman–Crippen LogP) is -0.458. The smallest absolute Gasteiger partial charge is 0.242 e. The summed E-state index contributed by atoms with van der Waals surface area (Å²) in [6, 6.07) is -1.25. The number of amides is 3. The van der Waals surface area contributed by atoms with E-state index in [-0.39, 0.29) is 17.7 Å². The highest BCUT2D eigenvalue weighted by Crippen LogP contribution is 1.88. The van der Waals surface area contributed by atoms with Crippen molar-refractivity contribution in [1.82, 2.24) is 16.0 Å². The van der Waals surface area contributed by atoms with Crippen LogP contribution >= 0.6 is 0 Å². The SMILES string of the molecule is CCNC(=O)[C@@H](C)NC(=O)[C@H](C)NC(=O)CC. The molecular formula is C11H21N3O3. The minimum atomic E-state index is -0.640. The van der Waals surface area contributed by atoms with Crippen molar-refractivity contribution in [2.45, 2.75) is 46.2 Å². The van der Waals surface area contributed by atoms with Crippen molar-refractivity contribution in [2.24, 2.45) is 0 Å². The molecule has 2 atom stereocenters. The van der Waals surface area contributed by atoms with Crippen molar-refractivity contribution in [2.75, 3.05) is 6.54 Å². The molecule has 0 radical (unpaired) electrons. The molecule has 0 aliphatic rings. The first-order chi connectivity index (χ1) is 7.92. The van der Waals surface area contributed by atoms with Gasteiger partial charge >= 0.3 is 0 Å². The van der Waals surface area contributed by atoms with Crippen molar-refractivity contribution in [1.29, 1.82) is 0 Å². The minimum absolute atomic E-state index is 0.196. The van der Waals surface area contributed by atoms with Gasteiger partial charge in [-0.2, -0.15) is 0 Å². The second-order valence-electron chi connectivity index (χ2n) is 3.77. The van der Waals surface area contributed by atoms with E-state index in [0.29, 0.717) is 13.0 Å². The summed E-state index contributed by atoms with van der Waals surface area (Å²) >= 11 is 0. The van der Waals surface area contributed by atoms with E-state index in [0.717, 1.165) is 0 Å². The van der Waals surface area contributed by atoms with Gasteiger partial charge in [0.15, 0.2) is 0 Å². The van der Waals surface area contributed by atoms with Crippen LogP contribution in [0, 0.1) is 0 Å². The van der Waals surface area contributed by atoms with E-state index in [1.807, 2.05) is 0 Å². The average molecular weight is 243 g/mol. The first-order valence-electron chi connectivity index (χ1n) is 5.79. The zero-order valence-electron chi connectivity index (χ0n) is 10.8. The Morgan fingerprint density at radius 1 is 0.941 bits per heavy atom. The molecule has 6 heteroatoms. The van der Waals surface area contributed by atoms with Gasteiger partial charge in [-0.3, -0.25) is 14.4 Å². The molecule has 17 heavy (non-hydrogen) atoms. The fourth-order valence-electron chi connectivity index (χ4n) is 1.14. The molecule has 0 aromatic heterocycles. The molecule has 0 aromatic rings. The van der Waals surface area contributed by atoms with Crippen molar-refractivity contribution in [3.8, 4) is 0 Å². The zero-order chi connectivity index (χ0) is 13.4. The van der Waals surface area contributed by atoms with Crippen LogP contribution in [0.3, 0.4) is 0 Å². The molecule has 98 valence electrons. The van der Waals surface area contributed by atoms with Gasteiger partial charge in [-0.1, -0.05) is 6.92 Å². The summed E-state index contributed by atoms with van der Waals surface area (Å²) in [5.74, 6) is -0.807. The summed E-state index contributed by atoms with van der Waals surface area (Å²) in [4.78, 5) is 34.1. The van der Waals surface area contributed by atoms with Gasteiger partial charge in [0.25, 0.3) is 0 Å². The van der Waals surface area contributed by atoms with E-state index in [9.17, 15) is 14.4 Å². The fourth-order valence-corrected chi connectivity index (χ4v) is 1.14. The van der Waals surface area contributed by atoms with E-state index in [2.05, 4.69) is 16.0 Å². The van der Waals surface area contributed by atoms with E-state index < -0.39 is 12.1 Å². The molecule has 0 unspecified atom stereocenters. The molecule has 0 rings (SSSR count). The van der Waals surface area contributed by atoms with E-state index in [4.69, 9.17) is 0 Å². The molecule has 0 aliphatic carbocycles. The lowest BCUT2D eigenvalue weighted by molar-refractivity contribution is -0.131. The van der Waals surface area contributed by atoms with Crippen LogP contribution in [-0.2, 0) is 14.4 Å². The Kier molecular flexibility index (Phi) is 6.93. The number of likely N-dealkylation sites (N-methyl/N-ethyl adjacent to an activating group) is 1. The maximum Gasteiger partial charge on any atom is 0.242 e. The molecular weight excluding hydrogens is 222 g/mol. The van der Waals surface area contributed by atoms with Gasteiger partial charge in [0.2, 0.25) is 17.7 Å². The highest BCUT2D eigenvalue weighted by atomic mass is 16.2. The molecule has 0 bridgehead atoms. The molecule has 0 saturated heterocycles. The summed E-state index contributed by atoms with van der Waals surface area (Å²) in [5.41, 5.74) is 0. The quantitative estimate of drug-likeness (QED) is 0.590. The predicted molar refractivity (Wildman–Crippen MR) is 64.2 cm³/mol. The van der Waals surface area contributed by atoms with Crippen LogP contribution < -0.4 is 16.0 Å². The summed E-state index contributed by atoms with van der Waals surface area (Å²) < 4.78 is 0. The Morgan fingerprint density at radius 2 is 1.47 bits per heavy atom. The number of carbonyl (C=O) groups excluding carboxylic acids is 3. The molecule has 0 heterocycles. The summed E-state index contributed by atoms with van der Waals surface area (Å²) in [5, 5.41) is 7.65. The lowest BCUT2D eigenvalue weighted by atomic mass is 10.2. The Bertz CT molecular complexity index is 292. The van der Waals surface area contributed by atoms with E-state index >= 15 is 0 Å². The Morgan fingerprint density at radius 3 is 1.94 bits per heavy atom. The third kappa shape index (κ3) is 5.89. The van der Waals surface area contributed by atoms with Gasteiger partial charge in [0.05, 0.1) is 0 Å². The Balaban J connectivity index is 4.15. The number of hydrogen-bond acceptors (Lipinski definition) is 3. The van der Waals surface area contributed by atoms with Crippen LogP contribution in [0.25, 0.3) is 0 Å². The van der Waals surface area contributed by atoms with Gasteiger partial charge < -0.3 is 16.0 Å². The molecule has 6 nitrogen and oxygen atoms in total. The standard InChI is InChI=1S/C11H21N3O3/c1-5-9(15)13-8(4)11(17)14-7(3)10(16)12-6-2/h7-8H,5-6H2,1-4H3,(H,12,16)(H,13,15)(H,14,17)/t7-,8+/m1/s1. The summed E-state index contributed by atoms with van der Waals surface area (Å²) in [6.07, 6.45) is 0.323. The second kappa shape index (κ2) is 7.65. The van der Waals surface area contributed by atoms with Crippen molar-refractivity contribution < 1.29 is 14.4 Å². The third-order valence-corrected chi connectivity index (χ3v) is 2.19. The van der Waals surface area contributed by atoms with Crippen molar-refractivity contribution in [3.63, 3.8) is 0 Å². The molecule has 3 amide bonds. The maximum absolute atomic E-state index is 11.6. The number of rotatable bonds is 6. The molecule has 0 aromatic carbocycles. The van der Waals surface area contributed by atoms with E-state index in [1.54, 1.807) is 27.7 Å². The minimum Gasteiger partial charge on any atom is -0.355 e. The van der Waals surface area contributed by atoms with Crippen LogP contribution in [0.4, 0.5) is 0 Å². The zero-order valence-corrected chi connectivity index (χ0v) is 10.8. The van der Waals surface area contributed by atoms with Crippen LogP contribution in [0.15, 0.2) is 0 Å². The molecule has 0 saturated carbocycles. The van der Waals surface area contributed by atoms with Crippen LogP contribution in [0.1, 0.15) is 34.1 Å². The first kappa shape index (κ1) is 15.4. The number of nitrogens with one attached hydrogen (secondary N) is 3. The first-order valence-corrected chi connectivity index (χ1v) is 5.79. The highest BCUT2D eigenvalue weighted by molar-refractivity contribution is 5.91. The van der Waals surface area contributed by atoms with E-state index in [1.165, 1.54) is 0 Å². The van der Waals surface area contributed by atoms with Crippen molar-refractivity contribution in [3.05, 3.63) is 0 Å². The fraction of sp³-hybridized carbons (Fsp3) is 0.727. The molecule has 0 fully saturated rings. The normalized spacial score (nSPS) is 13.4. The third-order valence-electron chi connectivity index (χ3n) is 2.19. The highest BCUT2D eigenvalue weighted by Gasteiger charge is 2.19. The van der Waals surface area contributed by atoms with Gasteiger partial charge in [0, 0.05) is 13.0 Å². The van der Waals surface area contributed by atoms with Crippen LogP contribution in [0.5, 0.6) is 0 Å². The average Bonchev–Trinajstić information content (AvgIpc) is 2.28. The lowest BCUT2D eigenvalue weighted by Gasteiger charge is -2.17. The number of carbonyl (C=O) groups is 3. The summed E-state index contributed by atoms with van der Waals surface area (Å²) in [7, 11) is 0. The van der Waals surface area contributed by atoms with Gasteiger partial charge in [0.1, 0.15) is 12.1 Å². The van der Waals surface area contributed by atoms with Gasteiger partial charge in [-0.25, -0.2) is 0 Å². The van der Waals surface area contributed by atoms with Crippen LogP contribution in [-0.4, -0.2) is 36.3 Å². The Labute approximate surface area is 102 Å². The van der Waals surface area contributed by atoms with Gasteiger partial charge in [-0.15, -0.1) is 0 Å². The largest absolute Gasteiger partial charge is 0.355 e. The summed E-state index contributed by atoms with van der Waals surface area (Å²) in [6.45, 7) is 7.19. The van der Waals surface area contributed by atoms with Crippen molar-refractivity contribution >= 4 is 17.7 Å². The molecule has 0 spiro atoms. The monoisotopic (exact) mass is 243 g/mol. The van der Waals surface area contributed by atoms with Gasteiger partial charge in [-0.05, 0) is 20.8 Å². The number of hydrogen-bond donors (Lipinski definition) is 3. The van der Waals surface area contributed by atoms with Crippen LogP contribution in [0.2, 0.25) is 0 Å². The molecule has 3 N–H and O–H groups in total. The maximum atomic E-state index is 11.6. The topological polar surface area (TPSA) is 87.3 Å². The molecule has 0 aliphatic heterocycles. The Hall–Kier alpha value is -1.59. The second-order valence-corrected chi connectivity index (χ2v) is 3.77. The lowest BCUT2D eigenvalue weighted by Crippen LogP contribution is -2.51.